The van der Waals surface area contributed by atoms with Crippen molar-refractivity contribution < 1.29 is 4.43 Å². The van der Waals surface area contributed by atoms with Crippen molar-refractivity contribution in [2.75, 3.05) is 0 Å². The van der Waals surface area contributed by atoms with Gasteiger partial charge in [0.1, 0.15) is 0 Å². The highest BCUT2D eigenvalue weighted by Gasteiger charge is 2.40. The Kier molecular flexibility index (Phi) is 8.54. The molecule has 42 heavy (non-hydrogen) atoms. The first kappa shape index (κ1) is 29.9. The highest BCUT2D eigenvalue weighted by atomic mass is 28.4. The molecule has 0 bridgehead atoms. The molecule has 0 atom stereocenters. The minimum Gasteiger partial charge on any atom is -0.414 e. The van der Waals surface area contributed by atoms with Gasteiger partial charge in [0.25, 0.3) is 5.56 Å². The fourth-order valence-corrected chi connectivity index (χ4v) is 7.39. The minimum absolute atomic E-state index is 0.0703. The Morgan fingerprint density at radius 2 is 1.74 bits per heavy atom. The lowest BCUT2D eigenvalue weighted by Crippen LogP contribution is -2.45. The van der Waals surface area contributed by atoms with E-state index in [1.54, 1.807) is 6.20 Å². The molecule has 1 aliphatic carbocycles. The number of hydrogen-bond acceptors (Lipinski definition) is 5. The summed E-state index contributed by atoms with van der Waals surface area (Å²) < 4.78 is 10.6. The van der Waals surface area contributed by atoms with E-state index in [0.29, 0.717) is 12.0 Å². The fourth-order valence-electron chi connectivity index (χ4n) is 5.96. The molecule has 0 unspecified atom stereocenters. The van der Waals surface area contributed by atoms with Gasteiger partial charge in [0.05, 0.1) is 23.5 Å². The highest BCUT2D eigenvalue weighted by Crippen LogP contribution is 2.40. The van der Waals surface area contributed by atoms with Crippen molar-refractivity contribution in [3.63, 3.8) is 0 Å². The van der Waals surface area contributed by atoms with Gasteiger partial charge in [0.2, 0.25) is 0 Å². The van der Waals surface area contributed by atoms with Gasteiger partial charge in [-0.1, -0.05) is 81.8 Å². The van der Waals surface area contributed by atoms with Gasteiger partial charge in [-0.3, -0.25) is 9.36 Å². The van der Waals surface area contributed by atoms with E-state index in [2.05, 4.69) is 69.3 Å². The first-order valence-electron chi connectivity index (χ1n) is 15.3. The Labute approximate surface area is 250 Å². The van der Waals surface area contributed by atoms with Gasteiger partial charge in [-0.25, -0.2) is 4.52 Å². The van der Waals surface area contributed by atoms with E-state index >= 15 is 0 Å². The first-order chi connectivity index (χ1) is 20.0. The van der Waals surface area contributed by atoms with Crippen molar-refractivity contribution in [2.45, 2.75) is 103 Å². The third-order valence-electron chi connectivity index (χ3n) is 9.32. The van der Waals surface area contributed by atoms with Crippen molar-refractivity contribution in [1.82, 2.24) is 19.4 Å². The molecule has 0 N–H and O–H groups in total. The van der Waals surface area contributed by atoms with Gasteiger partial charge >= 0.3 is 0 Å². The molecule has 1 saturated carbocycles. The summed E-state index contributed by atoms with van der Waals surface area (Å²) in [4.78, 5) is 14.3. The number of rotatable bonds is 8. The van der Waals surface area contributed by atoms with Crippen LogP contribution in [0.1, 0.15) is 88.2 Å². The van der Waals surface area contributed by atoms with Crippen molar-refractivity contribution in [2.24, 2.45) is 0 Å². The summed E-state index contributed by atoms with van der Waals surface area (Å²) >= 11 is 0. The average molecular weight is 582 g/mol. The second kappa shape index (κ2) is 12.0. The Morgan fingerprint density at radius 3 is 2.38 bits per heavy atom. The second-order valence-corrected chi connectivity index (χ2v) is 18.0. The van der Waals surface area contributed by atoms with E-state index in [4.69, 9.17) is 4.43 Å². The third-order valence-corrected chi connectivity index (χ3v) is 13.9. The lowest BCUT2D eigenvalue weighted by Gasteiger charge is -2.41. The van der Waals surface area contributed by atoms with Crippen LogP contribution in [0.15, 0.2) is 59.5 Å². The number of nitrogens with zero attached hydrogens (tertiary/aromatic N) is 5. The zero-order valence-electron chi connectivity index (χ0n) is 25.9. The first-order valence-corrected chi connectivity index (χ1v) is 18.2. The summed E-state index contributed by atoms with van der Waals surface area (Å²) in [6.45, 7) is 13.6. The van der Waals surface area contributed by atoms with Crippen molar-refractivity contribution in [1.29, 1.82) is 5.26 Å². The predicted octanol–water partition coefficient (Wildman–Crippen LogP) is 7.48. The smallest absolute Gasteiger partial charge is 0.257 e. The van der Waals surface area contributed by atoms with Crippen molar-refractivity contribution in [3.8, 4) is 17.2 Å². The van der Waals surface area contributed by atoms with Gasteiger partial charge in [-0.05, 0) is 73.0 Å². The molecule has 2 aromatic carbocycles. The standard InChI is InChI=1S/C34H43N5O2Si/c1-7-10-31-30(21-24-13-15-25(16-14-24)29-12-9-8-11-26(29)22-35)33(40)38(32-23-36-37-39(31)32)27-17-19-28(20-18-27)41-42(5,6)34(2,3)4/h8-9,11-16,23,27-28H,7,10,17-21H2,1-6H3. The monoisotopic (exact) mass is 581 g/mol. The lowest BCUT2D eigenvalue weighted by molar-refractivity contribution is 0.118. The molecule has 2 aromatic heterocycles. The molecule has 7 nitrogen and oxygen atoms in total. The molecule has 0 spiro atoms. The fraction of sp³-hybridized carbons (Fsp3) is 0.471. The molecule has 8 heteroatoms. The Bertz CT molecular complexity index is 1650. The van der Waals surface area contributed by atoms with E-state index in [9.17, 15) is 10.1 Å². The third kappa shape index (κ3) is 5.86. The van der Waals surface area contributed by atoms with Crippen molar-refractivity contribution >= 4 is 14.0 Å². The topological polar surface area (TPSA) is 85.2 Å². The maximum absolute atomic E-state index is 14.3. The number of nitriles is 1. The molecule has 0 saturated heterocycles. The van der Waals surface area contributed by atoms with Gasteiger partial charge in [0.15, 0.2) is 14.0 Å². The summed E-state index contributed by atoms with van der Waals surface area (Å²) in [5, 5.41) is 18.4. The van der Waals surface area contributed by atoms with Gasteiger partial charge < -0.3 is 4.43 Å². The van der Waals surface area contributed by atoms with Crippen LogP contribution < -0.4 is 5.56 Å². The number of hydrogen-bond donors (Lipinski definition) is 0. The molecule has 1 aliphatic rings. The van der Waals surface area contributed by atoms with Crippen LogP contribution in [0, 0.1) is 11.3 Å². The van der Waals surface area contributed by atoms with E-state index in [1.165, 1.54) is 0 Å². The van der Waals surface area contributed by atoms with E-state index in [1.807, 2.05) is 45.5 Å². The molecule has 2 heterocycles. The SMILES string of the molecule is CCCc1c(Cc2ccc(-c3ccccc3C#N)cc2)c(=O)n(C2CCC(O[Si](C)(C)C(C)(C)C)CC2)c2cnnn12. The zero-order valence-corrected chi connectivity index (χ0v) is 26.9. The van der Waals surface area contributed by atoms with Gasteiger partial charge in [0, 0.05) is 24.1 Å². The maximum atomic E-state index is 14.3. The van der Waals surface area contributed by atoms with E-state index < -0.39 is 8.32 Å². The molecule has 0 amide bonds. The van der Waals surface area contributed by atoms with Crippen LogP contribution in [-0.4, -0.2) is 33.8 Å². The summed E-state index contributed by atoms with van der Waals surface area (Å²) in [5.74, 6) is 0. The molecule has 4 aromatic rings. The number of aromatic nitrogens is 4. The Balaban J connectivity index is 1.45. The molecular formula is C34H43N5O2Si. The molecule has 5 rings (SSSR count). The number of fused-ring (bicyclic) bond motifs is 1. The van der Waals surface area contributed by atoms with Crippen LogP contribution in [0.25, 0.3) is 16.8 Å². The van der Waals surface area contributed by atoms with Crippen LogP contribution in [-0.2, 0) is 17.3 Å². The summed E-state index contributed by atoms with van der Waals surface area (Å²) in [6, 6.07) is 18.2. The molecule has 0 radical (unpaired) electrons. The maximum Gasteiger partial charge on any atom is 0.257 e. The van der Waals surface area contributed by atoms with Crippen LogP contribution in [0.4, 0.5) is 0 Å². The quantitative estimate of drug-likeness (QED) is 0.201. The highest BCUT2D eigenvalue weighted by molar-refractivity contribution is 6.74. The zero-order chi connectivity index (χ0) is 30.1. The molecule has 0 aliphatic heterocycles. The number of aryl methyl sites for hydroxylation is 1. The van der Waals surface area contributed by atoms with Crippen LogP contribution in [0.5, 0.6) is 0 Å². The summed E-state index contributed by atoms with van der Waals surface area (Å²) in [5.41, 5.74) is 6.20. The average Bonchev–Trinajstić information content (AvgIpc) is 3.45. The minimum atomic E-state index is -1.85. The molecule has 1 fully saturated rings. The normalized spacial score (nSPS) is 17.8. The van der Waals surface area contributed by atoms with Crippen LogP contribution >= 0.6 is 0 Å². The van der Waals surface area contributed by atoms with Crippen LogP contribution in [0.3, 0.4) is 0 Å². The lowest BCUT2D eigenvalue weighted by atomic mass is 9.92. The second-order valence-electron chi connectivity index (χ2n) is 13.2. The molecular weight excluding hydrogens is 538 g/mol. The summed E-state index contributed by atoms with van der Waals surface area (Å²) in [6.07, 6.45) is 7.89. The van der Waals surface area contributed by atoms with E-state index in [-0.39, 0.29) is 22.7 Å². The Morgan fingerprint density at radius 1 is 1.05 bits per heavy atom. The van der Waals surface area contributed by atoms with Gasteiger partial charge in [-0.15, -0.1) is 5.10 Å². The predicted molar refractivity (Wildman–Crippen MR) is 170 cm³/mol. The molecule has 220 valence electrons. The van der Waals surface area contributed by atoms with Crippen molar-refractivity contribution in [3.05, 3.63) is 87.5 Å². The Hall–Kier alpha value is -3.54. The van der Waals surface area contributed by atoms with Gasteiger partial charge in [-0.2, -0.15) is 5.26 Å². The summed E-state index contributed by atoms with van der Waals surface area (Å²) in [7, 11) is -1.85. The van der Waals surface area contributed by atoms with Crippen LogP contribution in [0.2, 0.25) is 18.1 Å². The van der Waals surface area contributed by atoms with E-state index in [0.717, 1.165) is 72.1 Å². The number of benzene rings is 2. The largest absolute Gasteiger partial charge is 0.414 e.